The zero-order chi connectivity index (χ0) is 16.9. The third-order valence-corrected chi connectivity index (χ3v) is 4.81. The van der Waals surface area contributed by atoms with Gasteiger partial charge < -0.3 is 15.0 Å². The predicted octanol–water partition coefficient (Wildman–Crippen LogP) is 4.36. The van der Waals surface area contributed by atoms with Crippen molar-refractivity contribution in [2.45, 2.75) is 52.2 Å². The molecule has 1 N–H and O–H groups in total. The summed E-state index contributed by atoms with van der Waals surface area (Å²) in [5.74, 6) is 0. The second-order valence-electron chi connectivity index (χ2n) is 6.90. The third-order valence-electron chi connectivity index (χ3n) is 3.83. The van der Waals surface area contributed by atoms with Gasteiger partial charge in [-0.3, -0.25) is 0 Å². The Morgan fingerprint density at radius 2 is 2.26 bits per heavy atom. The average Bonchev–Trinajstić information content (AvgIpc) is 3.01. The fourth-order valence-corrected chi connectivity index (χ4v) is 3.44. The molecule has 1 atom stereocenters. The molecule has 1 aliphatic heterocycles. The molecule has 0 radical (unpaired) electrons. The van der Waals surface area contributed by atoms with Gasteiger partial charge in [0.05, 0.1) is 0 Å². The minimum Gasteiger partial charge on any atom is -0.444 e. The van der Waals surface area contributed by atoms with Crippen molar-refractivity contribution in [2.75, 3.05) is 19.6 Å². The number of hydrogen-bond acceptors (Lipinski definition) is 4. The van der Waals surface area contributed by atoms with E-state index < -0.39 is 5.60 Å². The van der Waals surface area contributed by atoms with Gasteiger partial charge in [0.2, 0.25) is 0 Å². The minimum absolute atomic E-state index is 0.217. The molecule has 1 aliphatic rings. The molecule has 2 rings (SSSR count). The highest BCUT2D eigenvalue weighted by Crippen LogP contribution is 2.22. The molecule has 0 bridgehead atoms. The lowest BCUT2D eigenvalue weighted by Gasteiger charge is -2.30. The third kappa shape index (κ3) is 5.66. The maximum atomic E-state index is 12.0. The lowest BCUT2D eigenvalue weighted by molar-refractivity contribution is 0.0265. The molecule has 23 heavy (non-hydrogen) atoms. The van der Waals surface area contributed by atoms with Crippen molar-refractivity contribution in [2.24, 2.45) is 0 Å². The molecular weight excluding hydrogens is 308 g/mol. The fourth-order valence-electron chi connectivity index (χ4n) is 2.55. The molecule has 0 aromatic carbocycles. The minimum atomic E-state index is -0.433. The standard InChI is InChI=1S/C18H28N2O2S/c1-5-15(16-7-6-12-23-16)19-13-14-8-10-20(11-9-14)17(21)22-18(2,3)4/h6-8,12,15,19H,5,9-11,13H2,1-4H3. The van der Waals surface area contributed by atoms with Gasteiger partial charge in [0.25, 0.3) is 0 Å². The van der Waals surface area contributed by atoms with Gasteiger partial charge in [0, 0.05) is 30.6 Å². The summed E-state index contributed by atoms with van der Waals surface area (Å²) in [6, 6.07) is 4.70. The normalized spacial score (nSPS) is 16.9. The summed E-state index contributed by atoms with van der Waals surface area (Å²) in [6.07, 6.45) is 3.93. The van der Waals surface area contributed by atoms with E-state index in [2.05, 4.69) is 35.8 Å². The van der Waals surface area contributed by atoms with Crippen LogP contribution in [0.15, 0.2) is 29.2 Å². The maximum Gasteiger partial charge on any atom is 0.410 e. The van der Waals surface area contributed by atoms with E-state index in [-0.39, 0.29) is 6.09 Å². The average molecular weight is 337 g/mol. The summed E-state index contributed by atoms with van der Waals surface area (Å²) < 4.78 is 5.42. The van der Waals surface area contributed by atoms with Gasteiger partial charge in [-0.1, -0.05) is 24.6 Å². The van der Waals surface area contributed by atoms with Crippen LogP contribution in [0.3, 0.4) is 0 Å². The molecule has 0 saturated carbocycles. The topological polar surface area (TPSA) is 41.6 Å². The molecule has 0 fully saturated rings. The summed E-state index contributed by atoms with van der Waals surface area (Å²) in [7, 11) is 0. The number of carbonyl (C=O) groups excluding carboxylic acids is 1. The first kappa shape index (κ1) is 18.0. The second-order valence-corrected chi connectivity index (χ2v) is 7.88. The Kier molecular flexibility index (Phi) is 6.25. The van der Waals surface area contributed by atoms with Crippen molar-refractivity contribution < 1.29 is 9.53 Å². The quantitative estimate of drug-likeness (QED) is 0.813. The van der Waals surface area contributed by atoms with Crippen LogP contribution < -0.4 is 5.32 Å². The van der Waals surface area contributed by atoms with Crippen LogP contribution in [0.2, 0.25) is 0 Å². The fraction of sp³-hybridized carbons (Fsp3) is 0.611. The van der Waals surface area contributed by atoms with E-state index in [1.165, 1.54) is 10.5 Å². The van der Waals surface area contributed by atoms with E-state index in [9.17, 15) is 4.79 Å². The van der Waals surface area contributed by atoms with Crippen molar-refractivity contribution in [3.63, 3.8) is 0 Å². The van der Waals surface area contributed by atoms with Crippen molar-refractivity contribution in [3.05, 3.63) is 34.0 Å². The summed E-state index contributed by atoms with van der Waals surface area (Å²) >= 11 is 1.80. The van der Waals surface area contributed by atoms with Crippen LogP contribution in [0.4, 0.5) is 4.79 Å². The molecule has 0 aliphatic carbocycles. The summed E-state index contributed by atoms with van der Waals surface area (Å²) in [5.41, 5.74) is 0.942. The number of amides is 1. The molecular formula is C18H28N2O2S. The highest BCUT2D eigenvalue weighted by molar-refractivity contribution is 7.10. The predicted molar refractivity (Wildman–Crippen MR) is 95.9 cm³/mol. The van der Waals surface area contributed by atoms with E-state index in [0.717, 1.165) is 25.9 Å². The van der Waals surface area contributed by atoms with Crippen LogP contribution in [0.1, 0.15) is 51.5 Å². The first-order valence-electron chi connectivity index (χ1n) is 8.31. The molecule has 5 heteroatoms. The van der Waals surface area contributed by atoms with Gasteiger partial charge in [0.1, 0.15) is 5.60 Å². The number of rotatable bonds is 5. The molecule has 0 saturated heterocycles. The molecule has 128 valence electrons. The van der Waals surface area contributed by atoms with Gasteiger partial charge >= 0.3 is 6.09 Å². The monoisotopic (exact) mass is 336 g/mol. The molecule has 4 nitrogen and oxygen atoms in total. The number of carbonyl (C=O) groups is 1. The highest BCUT2D eigenvalue weighted by Gasteiger charge is 2.23. The lowest BCUT2D eigenvalue weighted by Crippen LogP contribution is -2.40. The molecule has 1 aromatic rings. The SMILES string of the molecule is CCC(NCC1=CCN(C(=O)OC(C)(C)C)CC1)c1cccs1. The van der Waals surface area contributed by atoms with Crippen molar-refractivity contribution >= 4 is 17.4 Å². The largest absolute Gasteiger partial charge is 0.444 e. The van der Waals surface area contributed by atoms with E-state index in [1.54, 1.807) is 16.2 Å². The van der Waals surface area contributed by atoms with Crippen LogP contribution >= 0.6 is 11.3 Å². The molecule has 1 aromatic heterocycles. The number of hydrogen-bond donors (Lipinski definition) is 1. The van der Waals surface area contributed by atoms with Gasteiger partial charge in [-0.2, -0.15) is 0 Å². The van der Waals surface area contributed by atoms with Crippen LogP contribution in [0.5, 0.6) is 0 Å². The maximum absolute atomic E-state index is 12.0. The zero-order valence-electron chi connectivity index (χ0n) is 14.6. The number of ether oxygens (including phenoxy) is 1. The van der Waals surface area contributed by atoms with E-state index in [4.69, 9.17) is 4.74 Å². The number of thiophene rings is 1. The Morgan fingerprint density at radius 3 is 2.78 bits per heavy atom. The lowest BCUT2D eigenvalue weighted by atomic mass is 10.1. The first-order chi connectivity index (χ1) is 10.9. The van der Waals surface area contributed by atoms with Crippen LogP contribution in [-0.4, -0.2) is 36.2 Å². The van der Waals surface area contributed by atoms with E-state index >= 15 is 0 Å². The summed E-state index contributed by atoms with van der Waals surface area (Å²) in [5, 5.41) is 5.75. The molecule has 2 heterocycles. The van der Waals surface area contributed by atoms with Crippen molar-refractivity contribution in [1.29, 1.82) is 0 Å². The van der Waals surface area contributed by atoms with Crippen LogP contribution in [-0.2, 0) is 4.74 Å². The molecule has 1 unspecified atom stereocenters. The van der Waals surface area contributed by atoms with Crippen molar-refractivity contribution in [3.8, 4) is 0 Å². The Labute approximate surface area is 143 Å². The Bertz CT molecular complexity index is 532. The number of nitrogens with zero attached hydrogens (tertiary/aromatic N) is 1. The molecule has 0 spiro atoms. The van der Waals surface area contributed by atoms with Gasteiger partial charge in [-0.15, -0.1) is 11.3 Å². The van der Waals surface area contributed by atoms with Crippen LogP contribution in [0.25, 0.3) is 0 Å². The van der Waals surface area contributed by atoms with Crippen molar-refractivity contribution in [1.82, 2.24) is 10.2 Å². The number of nitrogens with one attached hydrogen (secondary N) is 1. The van der Waals surface area contributed by atoms with Gasteiger partial charge in [-0.05, 0) is 45.1 Å². The summed E-state index contributed by atoms with van der Waals surface area (Å²) in [6.45, 7) is 10.2. The van der Waals surface area contributed by atoms with Gasteiger partial charge in [-0.25, -0.2) is 4.79 Å². The van der Waals surface area contributed by atoms with Gasteiger partial charge in [0.15, 0.2) is 0 Å². The molecule has 1 amide bonds. The first-order valence-corrected chi connectivity index (χ1v) is 9.19. The zero-order valence-corrected chi connectivity index (χ0v) is 15.4. The smallest absolute Gasteiger partial charge is 0.410 e. The second kappa shape index (κ2) is 7.97. The Morgan fingerprint density at radius 1 is 1.48 bits per heavy atom. The summed E-state index contributed by atoms with van der Waals surface area (Å²) in [4.78, 5) is 15.2. The Hall–Kier alpha value is -1.33. The van der Waals surface area contributed by atoms with E-state index in [0.29, 0.717) is 12.6 Å². The Balaban J connectivity index is 1.81. The van der Waals surface area contributed by atoms with E-state index in [1.807, 2.05) is 20.8 Å². The van der Waals surface area contributed by atoms with Crippen LogP contribution in [0, 0.1) is 0 Å². The highest BCUT2D eigenvalue weighted by atomic mass is 32.1.